The number of carbonyl (C=O) groups excluding carboxylic acids is 1. The first-order valence-corrected chi connectivity index (χ1v) is 13.5. The molecule has 1 atom stereocenters. The lowest BCUT2D eigenvalue weighted by Crippen LogP contribution is -2.45. The molecule has 12 heteroatoms. The van der Waals surface area contributed by atoms with Gasteiger partial charge in [0.15, 0.2) is 5.82 Å². The van der Waals surface area contributed by atoms with Crippen LogP contribution in [0.2, 0.25) is 0 Å². The van der Waals surface area contributed by atoms with Gasteiger partial charge in [-0.25, -0.2) is 23.5 Å². The first-order chi connectivity index (χ1) is 16.6. The normalized spacial score (nSPS) is 20.0. The first-order valence-electron chi connectivity index (χ1n) is 11.5. The van der Waals surface area contributed by atoms with Gasteiger partial charge in [-0.3, -0.25) is 9.11 Å². The third-order valence-electron chi connectivity index (χ3n) is 6.43. The third-order valence-corrected chi connectivity index (χ3v) is 8.53. The number of hydrogen-bond donors (Lipinski definition) is 4. The molecular formula is C23H31F2N5O4S. The molecule has 1 aliphatic heterocycles. The highest BCUT2D eigenvalue weighted by Crippen LogP contribution is 2.69. The minimum Gasteiger partial charge on any atom is -0.377 e. The fourth-order valence-electron chi connectivity index (χ4n) is 4.24. The van der Waals surface area contributed by atoms with E-state index in [2.05, 4.69) is 22.5 Å². The van der Waals surface area contributed by atoms with Crippen molar-refractivity contribution in [2.24, 2.45) is 0 Å². The van der Waals surface area contributed by atoms with E-state index in [1.54, 1.807) is 24.3 Å². The summed E-state index contributed by atoms with van der Waals surface area (Å²) in [6.07, 6.45) is 0.982. The third kappa shape index (κ3) is 5.66. The Labute approximate surface area is 204 Å². The number of carbonyl (C=O) groups is 1. The number of nitrogens with one attached hydrogen (secondary N) is 2. The quantitative estimate of drug-likeness (QED) is 0.411. The lowest BCUT2D eigenvalue weighted by Gasteiger charge is -2.39. The highest BCUT2D eigenvalue weighted by molar-refractivity contribution is 8.24. The first kappa shape index (κ1) is 25.5. The summed E-state index contributed by atoms with van der Waals surface area (Å²) in [5, 5.41) is 4.60. The molecule has 4 rings (SSSR count). The van der Waals surface area contributed by atoms with Gasteiger partial charge in [-0.1, -0.05) is 6.92 Å². The Morgan fingerprint density at radius 3 is 2.60 bits per heavy atom. The van der Waals surface area contributed by atoms with Gasteiger partial charge < -0.3 is 20.3 Å². The van der Waals surface area contributed by atoms with Gasteiger partial charge in [0.05, 0.1) is 31.5 Å². The van der Waals surface area contributed by atoms with Gasteiger partial charge in [0.25, 0.3) is 6.43 Å². The van der Waals surface area contributed by atoms with Crippen LogP contribution in [-0.4, -0.2) is 70.1 Å². The Kier molecular flexibility index (Phi) is 7.46. The second-order valence-corrected chi connectivity index (χ2v) is 11.3. The molecule has 2 amide bonds. The molecule has 1 saturated carbocycles. The maximum Gasteiger partial charge on any atom is 0.319 e. The molecule has 35 heavy (non-hydrogen) atoms. The topological polar surface area (TPSA) is 120 Å². The van der Waals surface area contributed by atoms with Crippen LogP contribution < -0.4 is 15.5 Å². The molecule has 2 fully saturated rings. The number of morpholine rings is 1. The number of nitrogens with zero attached hydrogens (tertiary/aromatic N) is 3. The van der Waals surface area contributed by atoms with Gasteiger partial charge >= 0.3 is 6.03 Å². The van der Waals surface area contributed by atoms with E-state index in [4.69, 9.17) is 14.7 Å². The van der Waals surface area contributed by atoms with Crippen LogP contribution in [-0.2, 0) is 9.48 Å². The smallest absolute Gasteiger partial charge is 0.319 e. The van der Waals surface area contributed by atoms with Crippen LogP contribution in [0.5, 0.6) is 0 Å². The summed E-state index contributed by atoms with van der Waals surface area (Å²) < 4.78 is 50.6. The van der Waals surface area contributed by atoms with E-state index in [-0.39, 0.29) is 6.04 Å². The Hall–Kier alpha value is -2.54. The number of amides is 2. The molecule has 1 saturated heterocycles. The zero-order chi connectivity index (χ0) is 25.2. The number of rotatable bonds is 8. The van der Waals surface area contributed by atoms with E-state index in [0.29, 0.717) is 61.2 Å². The molecule has 192 valence electrons. The van der Waals surface area contributed by atoms with Gasteiger partial charge in [-0.2, -0.15) is 10.6 Å². The van der Waals surface area contributed by atoms with E-state index in [0.717, 1.165) is 6.42 Å². The molecule has 2 aromatic rings. The van der Waals surface area contributed by atoms with Crippen LogP contribution in [0.15, 0.2) is 30.3 Å². The molecule has 2 heterocycles. The SMILES string of the molecule is CC[C@H]1COCCN1c1cc(C2(S(C)(O)O)CC2)nc(-c2ccc(NC(=O)NCC(F)F)cc2)n1. The van der Waals surface area contributed by atoms with Gasteiger partial charge in [0.2, 0.25) is 0 Å². The molecule has 0 unspecified atom stereocenters. The molecular weight excluding hydrogens is 480 g/mol. The van der Waals surface area contributed by atoms with E-state index >= 15 is 0 Å². The number of hydrogen-bond acceptors (Lipinski definition) is 7. The number of benzene rings is 1. The second kappa shape index (κ2) is 10.2. The summed E-state index contributed by atoms with van der Waals surface area (Å²) in [7, 11) is -2.88. The van der Waals surface area contributed by atoms with Crippen LogP contribution in [0.25, 0.3) is 11.4 Å². The average molecular weight is 512 g/mol. The van der Waals surface area contributed by atoms with E-state index in [1.165, 1.54) is 6.26 Å². The van der Waals surface area contributed by atoms with Crippen molar-refractivity contribution in [2.45, 2.75) is 43.4 Å². The van der Waals surface area contributed by atoms with Gasteiger partial charge in [-0.15, -0.1) is 0 Å². The molecule has 1 aromatic carbocycles. The monoisotopic (exact) mass is 511 g/mol. The number of halogens is 2. The summed E-state index contributed by atoms with van der Waals surface area (Å²) in [6, 6.07) is 8.02. The van der Waals surface area contributed by atoms with Crippen molar-refractivity contribution in [2.75, 3.05) is 42.8 Å². The van der Waals surface area contributed by atoms with Crippen molar-refractivity contribution < 1.29 is 27.4 Å². The van der Waals surface area contributed by atoms with Crippen LogP contribution in [0.3, 0.4) is 0 Å². The fourth-order valence-corrected chi connectivity index (χ4v) is 5.62. The minimum atomic E-state index is -2.88. The van der Waals surface area contributed by atoms with Gasteiger partial charge in [0.1, 0.15) is 10.6 Å². The van der Waals surface area contributed by atoms with Crippen molar-refractivity contribution in [3.05, 3.63) is 36.0 Å². The zero-order valence-corrected chi connectivity index (χ0v) is 20.5. The summed E-state index contributed by atoms with van der Waals surface area (Å²) in [5.41, 5.74) is 1.71. The van der Waals surface area contributed by atoms with Crippen LogP contribution in [0.1, 0.15) is 31.9 Å². The highest BCUT2D eigenvalue weighted by Gasteiger charge is 2.55. The Morgan fingerprint density at radius 2 is 2.00 bits per heavy atom. The maximum atomic E-state index is 12.3. The highest BCUT2D eigenvalue weighted by atomic mass is 32.3. The summed E-state index contributed by atoms with van der Waals surface area (Å²) in [4.78, 5) is 23.5. The largest absolute Gasteiger partial charge is 0.377 e. The van der Waals surface area contributed by atoms with Crippen molar-refractivity contribution in [3.63, 3.8) is 0 Å². The van der Waals surface area contributed by atoms with E-state index in [1.807, 2.05) is 6.07 Å². The molecule has 2 aliphatic rings. The number of anilines is 2. The average Bonchev–Trinajstić information content (AvgIpc) is 3.65. The molecule has 0 radical (unpaired) electrons. The zero-order valence-electron chi connectivity index (χ0n) is 19.7. The Morgan fingerprint density at radius 1 is 1.29 bits per heavy atom. The minimum absolute atomic E-state index is 0.148. The van der Waals surface area contributed by atoms with Crippen LogP contribution in [0.4, 0.5) is 25.1 Å². The fraction of sp³-hybridized carbons (Fsp3) is 0.522. The standard InChI is InChI=1S/C23H31F2N5O4S/c1-3-17-14-34-11-10-30(17)20-12-18(23(8-9-23)35(2,32)33)28-21(29-20)15-4-6-16(7-5-15)27-22(31)26-13-19(24)25/h4-7,12,17,19,32-33H,3,8-11,13-14H2,1-2H3,(H2,26,27,31)/t17-/m0/s1. The molecule has 1 aliphatic carbocycles. The number of aromatic nitrogens is 2. The number of alkyl halides is 2. The summed E-state index contributed by atoms with van der Waals surface area (Å²) in [6.45, 7) is 3.19. The van der Waals surface area contributed by atoms with Gasteiger partial charge in [-0.05, 0) is 43.5 Å². The van der Waals surface area contributed by atoms with Crippen molar-refractivity contribution in [1.29, 1.82) is 0 Å². The lowest BCUT2D eigenvalue weighted by molar-refractivity contribution is 0.0925. The molecule has 4 N–H and O–H groups in total. The predicted octanol–water partition coefficient (Wildman–Crippen LogP) is 4.51. The molecule has 0 bridgehead atoms. The van der Waals surface area contributed by atoms with E-state index in [9.17, 15) is 22.7 Å². The van der Waals surface area contributed by atoms with Crippen molar-refractivity contribution >= 4 is 28.1 Å². The van der Waals surface area contributed by atoms with Crippen molar-refractivity contribution in [3.8, 4) is 11.4 Å². The Bertz CT molecular complexity index is 1050. The van der Waals surface area contributed by atoms with Crippen LogP contribution >= 0.6 is 10.6 Å². The predicted molar refractivity (Wildman–Crippen MR) is 132 cm³/mol. The Balaban J connectivity index is 1.65. The molecule has 0 spiro atoms. The lowest BCUT2D eigenvalue weighted by atomic mass is 10.1. The molecule has 1 aromatic heterocycles. The second-order valence-electron chi connectivity index (χ2n) is 8.90. The number of urea groups is 1. The summed E-state index contributed by atoms with van der Waals surface area (Å²) >= 11 is 0. The van der Waals surface area contributed by atoms with Gasteiger partial charge in [0, 0.05) is 30.1 Å². The maximum absolute atomic E-state index is 12.3. The van der Waals surface area contributed by atoms with Crippen molar-refractivity contribution in [1.82, 2.24) is 15.3 Å². The number of ether oxygens (including phenoxy) is 1. The van der Waals surface area contributed by atoms with Crippen LogP contribution in [0, 0.1) is 0 Å². The summed E-state index contributed by atoms with van der Waals surface area (Å²) in [5.74, 6) is 1.14. The van der Waals surface area contributed by atoms with E-state index < -0.39 is 34.3 Å². The molecule has 9 nitrogen and oxygen atoms in total.